The third-order valence-corrected chi connectivity index (χ3v) is 18.3. The molecule has 0 bridgehead atoms. The van der Waals surface area contributed by atoms with Gasteiger partial charge in [-0.05, 0) is 111 Å². The fourth-order valence-electron chi connectivity index (χ4n) is 15.0. The molecule has 0 aromatic rings. The first-order valence-corrected chi connectivity index (χ1v) is 21.6. The van der Waals surface area contributed by atoms with Gasteiger partial charge >= 0.3 is 0 Å². The molecular weight excluding hydrogens is 744 g/mol. The van der Waals surface area contributed by atoms with Gasteiger partial charge < -0.3 is 74.7 Å². The average molecular weight is 815 g/mol. The van der Waals surface area contributed by atoms with Crippen LogP contribution < -0.4 is 0 Å². The van der Waals surface area contributed by atoms with Gasteiger partial charge in [-0.1, -0.05) is 27.7 Å². The van der Waals surface area contributed by atoms with Crippen LogP contribution in [0.15, 0.2) is 0 Å². The van der Waals surface area contributed by atoms with Crippen LogP contribution >= 0.6 is 0 Å². The quantitative estimate of drug-likeness (QED) is 0.137. The van der Waals surface area contributed by atoms with Crippen LogP contribution in [0.5, 0.6) is 0 Å². The Morgan fingerprint density at radius 2 is 1.25 bits per heavy atom. The molecule has 3 saturated heterocycles. The maximum absolute atomic E-state index is 12.0. The second-order valence-electron chi connectivity index (χ2n) is 21.0. The second-order valence-corrected chi connectivity index (χ2v) is 21.0. The van der Waals surface area contributed by atoms with Crippen molar-refractivity contribution >= 4 is 0 Å². The smallest absolute Gasteiger partial charge is 0.186 e. The lowest BCUT2D eigenvalue weighted by Gasteiger charge is -2.64. The molecule has 328 valence electrons. The number of ether oxygens (including phenoxy) is 5. The molecule has 2 spiro atoms. The van der Waals surface area contributed by atoms with Crippen molar-refractivity contribution in [2.75, 3.05) is 19.8 Å². The van der Waals surface area contributed by atoms with Gasteiger partial charge in [-0.25, -0.2) is 0 Å². The molecule has 3 aliphatic heterocycles. The van der Waals surface area contributed by atoms with Crippen LogP contribution in [-0.2, 0) is 23.7 Å². The van der Waals surface area contributed by atoms with Gasteiger partial charge in [0.05, 0.1) is 49.8 Å². The Morgan fingerprint density at radius 3 is 1.84 bits per heavy atom. The van der Waals surface area contributed by atoms with Gasteiger partial charge in [0.25, 0.3) is 0 Å². The van der Waals surface area contributed by atoms with Gasteiger partial charge in [0.15, 0.2) is 12.6 Å². The highest BCUT2D eigenvalue weighted by molar-refractivity contribution is 5.31. The summed E-state index contributed by atoms with van der Waals surface area (Å²) in [6.45, 7) is 11.7. The van der Waals surface area contributed by atoms with Crippen LogP contribution in [0, 0.1) is 50.7 Å². The van der Waals surface area contributed by atoms with E-state index in [0.717, 1.165) is 38.5 Å². The van der Waals surface area contributed by atoms with Crippen molar-refractivity contribution in [1.29, 1.82) is 0 Å². The van der Waals surface area contributed by atoms with E-state index in [1.807, 2.05) is 13.8 Å². The van der Waals surface area contributed by atoms with E-state index in [2.05, 4.69) is 27.7 Å². The van der Waals surface area contributed by atoms with E-state index < -0.39 is 104 Å². The largest absolute Gasteiger partial charge is 0.394 e. The molecule has 23 atom stereocenters. The molecular formula is C42H70O15. The molecule has 8 rings (SSSR count). The minimum Gasteiger partial charge on any atom is -0.394 e. The lowest BCUT2D eigenvalue weighted by Crippen LogP contribution is -2.63. The van der Waals surface area contributed by atoms with Crippen molar-refractivity contribution < 1.29 is 74.7 Å². The first-order chi connectivity index (χ1) is 26.7. The van der Waals surface area contributed by atoms with Gasteiger partial charge in [-0.3, -0.25) is 0 Å². The molecule has 0 radical (unpaired) electrons. The van der Waals surface area contributed by atoms with Gasteiger partial charge in [-0.15, -0.1) is 0 Å². The van der Waals surface area contributed by atoms with E-state index in [1.54, 1.807) is 0 Å². The molecule has 10 N–H and O–H groups in total. The molecule has 57 heavy (non-hydrogen) atoms. The summed E-state index contributed by atoms with van der Waals surface area (Å²) in [5.74, 6) is 0.439. The highest BCUT2D eigenvalue weighted by Crippen LogP contribution is 2.89. The summed E-state index contributed by atoms with van der Waals surface area (Å²) in [5, 5.41) is 107. The summed E-state index contributed by atoms with van der Waals surface area (Å²) in [5.41, 5.74) is -1.84. The first kappa shape index (κ1) is 43.1. The maximum atomic E-state index is 12.0. The number of hydrogen-bond acceptors (Lipinski definition) is 15. The summed E-state index contributed by atoms with van der Waals surface area (Å²) in [6, 6.07) is 0. The lowest BCUT2D eigenvalue weighted by atomic mass is 9.41. The third kappa shape index (κ3) is 6.06. The Labute approximate surface area is 335 Å². The summed E-state index contributed by atoms with van der Waals surface area (Å²) in [7, 11) is 0. The molecule has 23 unspecified atom stereocenters. The zero-order valence-electron chi connectivity index (χ0n) is 34.4. The standard InChI is InChI=1S/C42H70O15/c1-19(21-13-26(46)37(2,3)57-21)28-20(45)14-40(6)25-8-7-24-38(4,18-53-35-33(51)31(49)29(47)22(15-43)54-35)27(56-36-34(52)32(50)30(48)23(16-44)55-36)9-10-41(24)17-42(25,41)12-11-39(28,40)5/h19-36,43-52H,7-18H2,1-6H3. The fourth-order valence-corrected chi connectivity index (χ4v) is 15.0. The number of aliphatic hydroxyl groups is 10. The Morgan fingerprint density at radius 1 is 0.667 bits per heavy atom. The number of hydrogen-bond donors (Lipinski definition) is 10. The zero-order chi connectivity index (χ0) is 41.4. The van der Waals surface area contributed by atoms with Crippen LogP contribution in [0.1, 0.15) is 99.3 Å². The summed E-state index contributed by atoms with van der Waals surface area (Å²) in [4.78, 5) is 0. The van der Waals surface area contributed by atoms with Gasteiger partial charge in [0, 0.05) is 11.8 Å². The van der Waals surface area contributed by atoms with Crippen molar-refractivity contribution in [2.45, 2.75) is 191 Å². The first-order valence-electron chi connectivity index (χ1n) is 21.6. The summed E-state index contributed by atoms with van der Waals surface area (Å²) >= 11 is 0. The van der Waals surface area contributed by atoms with E-state index >= 15 is 0 Å². The van der Waals surface area contributed by atoms with E-state index in [9.17, 15) is 51.1 Å². The van der Waals surface area contributed by atoms with Crippen molar-refractivity contribution in [3.8, 4) is 0 Å². The van der Waals surface area contributed by atoms with Crippen molar-refractivity contribution in [1.82, 2.24) is 0 Å². The van der Waals surface area contributed by atoms with Crippen molar-refractivity contribution in [3.63, 3.8) is 0 Å². The Kier molecular flexibility index (Phi) is 10.9. The van der Waals surface area contributed by atoms with E-state index in [-0.39, 0.29) is 52.1 Å². The number of aliphatic hydroxyl groups excluding tert-OH is 10. The highest BCUT2D eigenvalue weighted by atomic mass is 16.7. The molecule has 5 saturated carbocycles. The molecule has 8 aliphatic rings. The molecule has 8 fully saturated rings. The lowest BCUT2D eigenvalue weighted by molar-refractivity contribution is -0.340. The highest BCUT2D eigenvalue weighted by Gasteiger charge is 2.83. The van der Waals surface area contributed by atoms with Crippen LogP contribution in [0.3, 0.4) is 0 Å². The minimum atomic E-state index is -1.61. The van der Waals surface area contributed by atoms with E-state index in [0.29, 0.717) is 25.2 Å². The predicted octanol–water partition coefficient (Wildman–Crippen LogP) is -0.0575. The Balaban J connectivity index is 1.08. The second kappa shape index (κ2) is 14.5. The molecule has 5 aliphatic carbocycles. The normalized spacial score (nSPS) is 58.6. The molecule has 15 heteroatoms. The van der Waals surface area contributed by atoms with Gasteiger partial charge in [0.2, 0.25) is 0 Å². The number of rotatable bonds is 9. The maximum Gasteiger partial charge on any atom is 0.186 e. The minimum absolute atomic E-state index is 0.00256. The molecule has 15 nitrogen and oxygen atoms in total. The molecule has 0 aromatic heterocycles. The van der Waals surface area contributed by atoms with E-state index in [4.69, 9.17) is 23.7 Å². The van der Waals surface area contributed by atoms with Crippen LogP contribution in [0.25, 0.3) is 0 Å². The van der Waals surface area contributed by atoms with Gasteiger partial charge in [0.1, 0.15) is 48.8 Å². The number of fused-ring (bicyclic) bond motifs is 2. The van der Waals surface area contributed by atoms with Crippen LogP contribution in [0.4, 0.5) is 0 Å². The zero-order valence-corrected chi connectivity index (χ0v) is 34.4. The molecule has 0 aromatic carbocycles. The summed E-state index contributed by atoms with van der Waals surface area (Å²) in [6.07, 6.45) is -9.05. The predicted molar refractivity (Wildman–Crippen MR) is 200 cm³/mol. The fraction of sp³-hybridized carbons (Fsp3) is 1.00. The van der Waals surface area contributed by atoms with Crippen molar-refractivity contribution in [2.24, 2.45) is 50.7 Å². The van der Waals surface area contributed by atoms with Crippen molar-refractivity contribution in [3.05, 3.63) is 0 Å². The van der Waals surface area contributed by atoms with E-state index in [1.165, 1.54) is 0 Å². The Hall–Kier alpha value is -0.600. The monoisotopic (exact) mass is 814 g/mol. The SMILES string of the molecule is CC(C1CC(O)C(C)(C)O1)C1C(O)CC2(C)C3CCC4C(C)(COC5OC(CO)C(O)C(O)C5O)C(OC5OC(CO)C(O)C(O)C5O)CCC45CC35CCC12C. The third-order valence-electron chi connectivity index (χ3n) is 18.3. The molecule has 3 heterocycles. The molecule has 0 amide bonds. The Bertz CT molecular complexity index is 1480. The van der Waals surface area contributed by atoms with Gasteiger partial charge in [-0.2, -0.15) is 0 Å². The average Bonchev–Trinajstić information content (AvgIpc) is 3.67. The summed E-state index contributed by atoms with van der Waals surface area (Å²) < 4.78 is 31.0. The van der Waals surface area contributed by atoms with Crippen LogP contribution in [0.2, 0.25) is 0 Å². The topological polar surface area (TPSA) is 248 Å². The van der Waals surface area contributed by atoms with Crippen LogP contribution in [-0.4, -0.2) is 162 Å².